The lowest BCUT2D eigenvalue weighted by molar-refractivity contribution is -0.145. The summed E-state index contributed by atoms with van der Waals surface area (Å²) < 4.78 is 7.40. The van der Waals surface area contributed by atoms with Gasteiger partial charge < -0.3 is 15.2 Å². The van der Waals surface area contributed by atoms with E-state index in [1.807, 2.05) is 10.7 Å². The minimum atomic E-state index is -1.57. The third-order valence-corrected chi connectivity index (χ3v) is 4.65. The number of carbonyl (C=O) groups excluding carboxylic acids is 1. The first-order valence-electron chi connectivity index (χ1n) is 8.71. The number of carboxylic acids is 1. The van der Waals surface area contributed by atoms with Crippen LogP contribution in [0.4, 0.5) is 0 Å². The Balaban J connectivity index is 1.73. The van der Waals surface area contributed by atoms with Gasteiger partial charge in [0.2, 0.25) is 0 Å². The van der Waals surface area contributed by atoms with E-state index in [2.05, 4.69) is 17.3 Å². The van der Waals surface area contributed by atoms with Crippen LogP contribution >= 0.6 is 0 Å². The summed E-state index contributed by atoms with van der Waals surface area (Å²) in [5.41, 5.74) is -0.324. The molecule has 0 saturated carbocycles. The van der Waals surface area contributed by atoms with Gasteiger partial charge >= 0.3 is 5.97 Å². The Morgan fingerprint density at radius 2 is 2.12 bits per heavy atom. The number of para-hydroxylation sites is 1. The number of aromatic nitrogens is 2. The third-order valence-electron chi connectivity index (χ3n) is 4.65. The molecule has 2 N–H and O–H groups in total. The molecule has 0 saturated heterocycles. The van der Waals surface area contributed by atoms with Gasteiger partial charge in [-0.25, -0.2) is 4.79 Å². The van der Waals surface area contributed by atoms with Gasteiger partial charge in [-0.05, 0) is 51.3 Å². The quantitative estimate of drug-likeness (QED) is 0.828. The van der Waals surface area contributed by atoms with Crippen LogP contribution in [-0.4, -0.2) is 38.9 Å². The van der Waals surface area contributed by atoms with E-state index in [-0.39, 0.29) is 18.3 Å². The van der Waals surface area contributed by atoms with Crippen molar-refractivity contribution in [2.45, 2.75) is 44.7 Å². The molecule has 0 radical (unpaired) electrons. The highest BCUT2D eigenvalue weighted by Gasteiger charge is 2.37. The molecule has 1 aromatic carbocycles. The number of aliphatic carboxylic acids is 1. The van der Waals surface area contributed by atoms with Crippen LogP contribution in [0.3, 0.4) is 0 Å². The monoisotopic (exact) mass is 357 g/mol. The highest BCUT2D eigenvalue weighted by atomic mass is 16.5. The second-order valence-electron chi connectivity index (χ2n) is 6.90. The minimum absolute atomic E-state index is 0.192. The van der Waals surface area contributed by atoms with Crippen molar-refractivity contribution in [2.24, 2.45) is 0 Å². The van der Waals surface area contributed by atoms with Gasteiger partial charge in [-0.3, -0.25) is 9.48 Å². The maximum atomic E-state index is 12.6. The first-order valence-corrected chi connectivity index (χ1v) is 8.71. The molecule has 3 rings (SSSR count). The number of amides is 1. The molecule has 0 aliphatic carbocycles. The molecule has 1 aliphatic rings. The molecule has 1 amide bonds. The molecule has 26 heavy (non-hydrogen) atoms. The Labute approximate surface area is 152 Å². The van der Waals surface area contributed by atoms with Crippen molar-refractivity contribution >= 4 is 11.9 Å². The summed E-state index contributed by atoms with van der Waals surface area (Å²) in [4.78, 5) is 24.3. The van der Waals surface area contributed by atoms with Crippen LogP contribution in [0.15, 0.2) is 36.4 Å². The summed E-state index contributed by atoms with van der Waals surface area (Å²) in [5, 5.41) is 16.5. The summed E-state index contributed by atoms with van der Waals surface area (Å²) in [6, 6.07) is 10.9. The standard InChI is InChI=1S/C19H23N3O4/c1-13-7-6-8-14-11-16(21-22(13)14)17(23)20-19(2,18(24)25)12-26-15-9-4-3-5-10-15/h3-5,9-11,13H,6-8,12H2,1-2H3,(H,20,23)(H,24,25). The zero-order chi connectivity index (χ0) is 18.7. The Hall–Kier alpha value is -2.83. The average Bonchev–Trinajstić information content (AvgIpc) is 3.07. The predicted octanol–water partition coefficient (Wildman–Crippen LogP) is 2.43. The molecule has 7 heteroatoms. The number of nitrogens with zero attached hydrogens (tertiary/aromatic N) is 2. The van der Waals surface area contributed by atoms with Crippen LogP contribution in [-0.2, 0) is 11.2 Å². The van der Waals surface area contributed by atoms with Gasteiger partial charge in [0, 0.05) is 11.7 Å². The van der Waals surface area contributed by atoms with Gasteiger partial charge in [-0.2, -0.15) is 5.10 Å². The summed E-state index contributed by atoms with van der Waals surface area (Å²) in [7, 11) is 0. The third kappa shape index (κ3) is 3.71. The second kappa shape index (κ2) is 7.19. The van der Waals surface area contributed by atoms with E-state index < -0.39 is 17.4 Å². The van der Waals surface area contributed by atoms with Gasteiger partial charge in [0.05, 0.1) is 0 Å². The number of hydrogen-bond acceptors (Lipinski definition) is 4. The van der Waals surface area contributed by atoms with Crippen molar-refractivity contribution in [2.75, 3.05) is 6.61 Å². The Morgan fingerprint density at radius 1 is 1.38 bits per heavy atom. The van der Waals surface area contributed by atoms with Crippen LogP contribution in [0, 0.1) is 0 Å². The van der Waals surface area contributed by atoms with Crippen LogP contribution in [0.1, 0.15) is 48.9 Å². The summed E-state index contributed by atoms with van der Waals surface area (Å²) in [6.07, 6.45) is 2.96. The van der Waals surface area contributed by atoms with E-state index in [1.54, 1.807) is 30.3 Å². The number of carboxylic acid groups (broad SMARTS) is 1. The van der Waals surface area contributed by atoms with E-state index in [4.69, 9.17) is 4.74 Å². The zero-order valence-electron chi connectivity index (χ0n) is 14.9. The van der Waals surface area contributed by atoms with Crippen LogP contribution in [0.5, 0.6) is 5.75 Å². The van der Waals surface area contributed by atoms with Crippen LogP contribution in [0.2, 0.25) is 0 Å². The minimum Gasteiger partial charge on any atom is -0.491 e. The van der Waals surface area contributed by atoms with E-state index in [0.29, 0.717) is 5.75 Å². The normalized spacial score (nSPS) is 18.5. The maximum absolute atomic E-state index is 12.6. The number of benzene rings is 1. The summed E-state index contributed by atoms with van der Waals surface area (Å²) >= 11 is 0. The summed E-state index contributed by atoms with van der Waals surface area (Å²) in [5.74, 6) is -1.14. The number of nitrogens with one attached hydrogen (secondary N) is 1. The number of ether oxygens (including phenoxy) is 1. The first-order chi connectivity index (χ1) is 12.4. The van der Waals surface area contributed by atoms with Gasteiger partial charge in [-0.15, -0.1) is 0 Å². The van der Waals surface area contributed by atoms with Crippen LogP contribution in [0.25, 0.3) is 0 Å². The molecule has 2 heterocycles. The first kappa shape index (κ1) is 18.0. The molecule has 2 unspecified atom stereocenters. The fourth-order valence-electron chi connectivity index (χ4n) is 3.02. The molecule has 1 aliphatic heterocycles. The Morgan fingerprint density at radius 3 is 2.77 bits per heavy atom. The lowest BCUT2D eigenvalue weighted by atomic mass is 10.0. The SMILES string of the molecule is CC1CCCc2cc(C(=O)NC(C)(COc3ccccc3)C(=O)O)nn21. The van der Waals surface area contributed by atoms with E-state index in [1.165, 1.54) is 6.92 Å². The van der Waals surface area contributed by atoms with E-state index in [9.17, 15) is 14.7 Å². The molecule has 1 aromatic heterocycles. The number of rotatable bonds is 6. The number of carbonyl (C=O) groups is 2. The predicted molar refractivity (Wildman–Crippen MR) is 95.3 cm³/mol. The van der Waals surface area contributed by atoms with Gasteiger partial charge in [0.25, 0.3) is 5.91 Å². The summed E-state index contributed by atoms with van der Waals surface area (Å²) in [6.45, 7) is 3.29. The lowest BCUT2D eigenvalue weighted by Gasteiger charge is -2.25. The highest BCUT2D eigenvalue weighted by molar-refractivity contribution is 5.96. The molecule has 0 bridgehead atoms. The maximum Gasteiger partial charge on any atom is 0.332 e. The van der Waals surface area contributed by atoms with E-state index >= 15 is 0 Å². The average molecular weight is 357 g/mol. The van der Waals surface area contributed by atoms with Crippen molar-refractivity contribution in [3.8, 4) is 5.75 Å². The largest absolute Gasteiger partial charge is 0.491 e. The molecule has 0 fully saturated rings. The highest BCUT2D eigenvalue weighted by Crippen LogP contribution is 2.24. The molecular weight excluding hydrogens is 334 g/mol. The van der Waals surface area contributed by atoms with Gasteiger partial charge in [0.1, 0.15) is 18.1 Å². The Kier molecular flexibility index (Phi) is 4.97. The number of fused-ring (bicyclic) bond motifs is 1. The zero-order valence-corrected chi connectivity index (χ0v) is 14.9. The number of aryl methyl sites for hydroxylation is 1. The topological polar surface area (TPSA) is 93.4 Å². The van der Waals surface area contributed by atoms with Crippen LogP contribution < -0.4 is 10.1 Å². The molecule has 0 spiro atoms. The molecule has 2 atom stereocenters. The smallest absolute Gasteiger partial charge is 0.332 e. The van der Waals surface area contributed by atoms with Gasteiger partial charge in [0.15, 0.2) is 5.54 Å². The fourth-order valence-corrected chi connectivity index (χ4v) is 3.02. The van der Waals surface area contributed by atoms with Crippen molar-refractivity contribution in [1.82, 2.24) is 15.1 Å². The molecule has 7 nitrogen and oxygen atoms in total. The fraction of sp³-hybridized carbons (Fsp3) is 0.421. The van der Waals surface area contributed by atoms with E-state index in [0.717, 1.165) is 25.0 Å². The number of hydrogen-bond donors (Lipinski definition) is 2. The van der Waals surface area contributed by atoms with Crippen molar-refractivity contribution in [3.63, 3.8) is 0 Å². The van der Waals surface area contributed by atoms with Crippen molar-refractivity contribution in [1.29, 1.82) is 0 Å². The lowest BCUT2D eigenvalue weighted by Crippen LogP contribution is -2.56. The van der Waals surface area contributed by atoms with Crippen molar-refractivity contribution in [3.05, 3.63) is 47.8 Å². The molecule has 2 aromatic rings. The van der Waals surface area contributed by atoms with Gasteiger partial charge in [-0.1, -0.05) is 18.2 Å². The van der Waals surface area contributed by atoms with Crippen molar-refractivity contribution < 1.29 is 19.4 Å². The molecule has 138 valence electrons. The second-order valence-corrected chi connectivity index (χ2v) is 6.90. The Bertz CT molecular complexity index is 802. The molecular formula is C19H23N3O4.